The molecule has 1 heterocycles. The number of nitrogens with zero attached hydrogens (tertiary/aromatic N) is 2. The molecule has 1 fully saturated rings. The molecule has 3 aromatic rings. The Morgan fingerprint density at radius 2 is 1.52 bits per heavy atom. The second kappa shape index (κ2) is 11.3. The molecule has 0 aromatic heterocycles. The smallest absolute Gasteiger partial charge is 0.353 e. The van der Waals surface area contributed by atoms with Crippen LogP contribution in [0.1, 0.15) is 41.9 Å². The van der Waals surface area contributed by atoms with Crippen LogP contribution in [0.4, 0.5) is 5.69 Å². The van der Waals surface area contributed by atoms with Crippen molar-refractivity contribution < 1.29 is 14.7 Å². The van der Waals surface area contributed by atoms with Gasteiger partial charge in [0.15, 0.2) is 5.71 Å². The number of aliphatic carboxylic acids is 1. The number of piperidine rings is 1. The van der Waals surface area contributed by atoms with Gasteiger partial charge in [-0.05, 0) is 54.0 Å². The number of carboxylic acid groups (broad SMARTS) is 1. The van der Waals surface area contributed by atoms with Gasteiger partial charge in [-0.1, -0.05) is 78.0 Å². The van der Waals surface area contributed by atoms with Gasteiger partial charge < -0.3 is 14.8 Å². The van der Waals surface area contributed by atoms with Crippen LogP contribution in [0.3, 0.4) is 0 Å². The average molecular weight is 443 g/mol. The molecule has 1 N–H and O–H groups in total. The fourth-order valence-electron chi connectivity index (χ4n) is 4.28. The van der Waals surface area contributed by atoms with Crippen molar-refractivity contribution in [3.8, 4) is 0 Å². The minimum absolute atomic E-state index is 0.0398. The first-order valence-corrected chi connectivity index (χ1v) is 11.5. The maximum absolute atomic E-state index is 11.5. The van der Waals surface area contributed by atoms with Gasteiger partial charge in [0.25, 0.3) is 0 Å². The standard InChI is InChI=1S/C28H30N2O3/c31-28(32)27(29-33-21-23-7-3-1-4-8-23)16-13-22-11-14-26(15-12-22)30-19-17-25(18-20-30)24-9-5-2-6-10-24/h1-12,14-15,25H,13,16-21H2,(H,31,32). The van der Waals surface area contributed by atoms with E-state index >= 15 is 0 Å². The predicted octanol–water partition coefficient (Wildman–Crippen LogP) is 5.66. The zero-order valence-corrected chi connectivity index (χ0v) is 18.8. The van der Waals surface area contributed by atoms with Gasteiger partial charge in [0.1, 0.15) is 6.61 Å². The van der Waals surface area contributed by atoms with Crippen molar-refractivity contribution in [3.05, 3.63) is 102 Å². The first kappa shape index (κ1) is 22.6. The van der Waals surface area contributed by atoms with E-state index in [2.05, 4.69) is 64.7 Å². The van der Waals surface area contributed by atoms with Gasteiger partial charge in [-0.25, -0.2) is 4.79 Å². The molecule has 0 radical (unpaired) electrons. The van der Waals surface area contributed by atoms with Gasteiger partial charge in [-0.3, -0.25) is 0 Å². The predicted molar refractivity (Wildman–Crippen MR) is 132 cm³/mol. The van der Waals surface area contributed by atoms with E-state index in [0.29, 0.717) is 18.8 Å². The van der Waals surface area contributed by atoms with Gasteiger partial charge >= 0.3 is 5.97 Å². The number of rotatable bonds is 9. The summed E-state index contributed by atoms with van der Waals surface area (Å²) in [7, 11) is 0. The highest BCUT2D eigenvalue weighted by molar-refractivity contribution is 6.35. The highest BCUT2D eigenvalue weighted by Crippen LogP contribution is 2.30. The molecule has 0 aliphatic carbocycles. The second-order valence-electron chi connectivity index (χ2n) is 8.44. The molecule has 1 aliphatic rings. The van der Waals surface area contributed by atoms with Crippen molar-refractivity contribution in [2.24, 2.45) is 5.16 Å². The quantitative estimate of drug-likeness (QED) is 0.343. The highest BCUT2D eigenvalue weighted by Gasteiger charge is 2.20. The molecule has 5 nitrogen and oxygen atoms in total. The molecule has 0 atom stereocenters. The van der Waals surface area contributed by atoms with E-state index in [1.807, 2.05) is 30.3 Å². The van der Waals surface area contributed by atoms with Crippen molar-refractivity contribution in [2.75, 3.05) is 18.0 Å². The molecule has 0 bridgehead atoms. The molecular weight excluding hydrogens is 412 g/mol. The average Bonchev–Trinajstić information content (AvgIpc) is 2.87. The monoisotopic (exact) mass is 442 g/mol. The summed E-state index contributed by atoms with van der Waals surface area (Å²) in [6.45, 7) is 2.36. The van der Waals surface area contributed by atoms with Gasteiger partial charge in [-0.2, -0.15) is 0 Å². The van der Waals surface area contributed by atoms with E-state index < -0.39 is 5.97 Å². The lowest BCUT2D eigenvalue weighted by Crippen LogP contribution is -2.32. The van der Waals surface area contributed by atoms with E-state index in [4.69, 9.17) is 4.84 Å². The normalized spacial score (nSPS) is 14.8. The Morgan fingerprint density at radius 1 is 0.879 bits per heavy atom. The van der Waals surface area contributed by atoms with Gasteiger partial charge in [0, 0.05) is 25.2 Å². The molecule has 1 aliphatic heterocycles. The summed E-state index contributed by atoms with van der Waals surface area (Å²) in [6, 6.07) is 28.8. The van der Waals surface area contributed by atoms with Crippen molar-refractivity contribution >= 4 is 17.4 Å². The lowest BCUT2D eigenvalue weighted by Gasteiger charge is -2.34. The van der Waals surface area contributed by atoms with Gasteiger partial charge in [-0.15, -0.1) is 0 Å². The number of hydrogen-bond acceptors (Lipinski definition) is 4. The van der Waals surface area contributed by atoms with Crippen LogP contribution in [0.2, 0.25) is 0 Å². The van der Waals surface area contributed by atoms with Crippen molar-refractivity contribution in [1.29, 1.82) is 0 Å². The summed E-state index contributed by atoms with van der Waals surface area (Å²) in [5, 5.41) is 13.3. The fraction of sp³-hybridized carbons (Fsp3) is 0.286. The minimum Gasteiger partial charge on any atom is -0.477 e. The molecule has 4 rings (SSSR count). The van der Waals surface area contributed by atoms with E-state index in [1.165, 1.54) is 11.3 Å². The van der Waals surface area contributed by atoms with Crippen molar-refractivity contribution in [3.63, 3.8) is 0 Å². The van der Waals surface area contributed by atoms with Crippen LogP contribution in [0.5, 0.6) is 0 Å². The molecule has 170 valence electrons. The first-order valence-electron chi connectivity index (χ1n) is 11.5. The Balaban J connectivity index is 1.27. The first-order chi connectivity index (χ1) is 16.2. The largest absolute Gasteiger partial charge is 0.477 e. The van der Waals surface area contributed by atoms with Crippen molar-refractivity contribution in [2.45, 2.75) is 38.2 Å². The van der Waals surface area contributed by atoms with Crippen LogP contribution >= 0.6 is 0 Å². The molecule has 33 heavy (non-hydrogen) atoms. The highest BCUT2D eigenvalue weighted by atomic mass is 16.6. The summed E-state index contributed by atoms with van der Waals surface area (Å²) in [5.74, 6) is -0.402. The molecule has 0 amide bonds. The fourth-order valence-corrected chi connectivity index (χ4v) is 4.28. The van der Waals surface area contributed by atoms with E-state index in [-0.39, 0.29) is 12.3 Å². The number of carboxylic acids is 1. The third-order valence-electron chi connectivity index (χ3n) is 6.21. The second-order valence-corrected chi connectivity index (χ2v) is 8.44. The third-order valence-corrected chi connectivity index (χ3v) is 6.21. The number of benzene rings is 3. The summed E-state index contributed by atoms with van der Waals surface area (Å²) in [4.78, 5) is 19.2. The van der Waals surface area contributed by atoms with Crippen LogP contribution in [0, 0.1) is 0 Å². The number of oxime groups is 1. The Kier molecular flexibility index (Phi) is 7.75. The Hall–Kier alpha value is -3.60. The topological polar surface area (TPSA) is 62.1 Å². The van der Waals surface area contributed by atoms with Gasteiger partial charge in [0.05, 0.1) is 0 Å². The molecule has 0 unspecified atom stereocenters. The number of anilines is 1. The number of carbonyl (C=O) groups is 1. The van der Waals surface area contributed by atoms with E-state index in [0.717, 1.165) is 37.1 Å². The molecule has 0 saturated carbocycles. The van der Waals surface area contributed by atoms with Crippen LogP contribution in [0.25, 0.3) is 0 Å². The number of hydrogen-bond donors (Lipinski definition) is 1. The molecule has 0 spiro atoms. The third kappa shape index (κ3) is 6.45. The minimum atomic E-state index is -1.04. The van der Waals surface area contributed by atoms with Crippen LogP contribution in [0.15, 0.2) is 90.1 Å². The molecule has 1 saturated heterocycles. The molecule has 3 aromatic carbocycles. The lowest BCUT2D eigenvalue weighted by molar-refractivity contribution is -0.129. The van der Waals surface area contributed by atoms with Crippen LogP contribution in [-0.4, -0.2) is 29.9 Å². The number of aryl methyl sites for hydroxylation is 1. The summed E-state index contributed by atoms with van der Waals surface area (Å²) in [5.41, 5.74) is 4.75. The van der Waals surface area contributed by atoms with Crippen LogP contribution in [-0.2, 0) is 22.7 Å². The zero-order chi connectivity index (χ0) is 22.9. The molecular formula is C28H30N2O3. The van der Waals surface area contributed by atoms with E-state index in [1.54, 1.807) is 0 Å². The Bertz CT molecular complexity index is 1040. The SMILES string of the molecule is O=C(O)C(CCc1ccc(N2CCC(c3ccccc3)CC2)cc1)=NOCc1ccccc1. The zero-order valence-electron chi connectivity index (χ0n) is 18.8. The Labute approximate surface area is 195 Å². The van der Waals surface area contributed by atoms with E-state index in [9.17, 15) is 9.90 Å². The lowest BCUT2D eigenvalue weighted by atomic mass is 9.89. The Morgan fingerprint density at radius 3 is 2.15 bits per heavy atom. The van der Waals surface area contributed by atoms with Crippen LogP contribution < -0.4 is 4.90 Å². The summed E-state index contributed by atoms with van der Waals surface area (Å²) in [6.07, 6.45) is 3.25. The maximum Gasteiger partial charge on any atom is 0.353 e. The van der Waals surface area contributed by atoms with Crippen molar-refractivity contribution in [1.82, 2.24) is 0 Å². The summed E-state index contributed by atoms with van der Waals surface area (Å²) < 4.78 is 0. The van der Waals surface area contributed by atoms with Gasteiger partial charge in [0.2, 0.25) is 0 Å². The maximum atomic E-state index is 11.5. The summed E-state index contributed by atoms with van der Waals surface area (Å²) >= 11 is 0. The molecule has 5 heteroatoms.